The van der Waals surface area contributed by atoms with E-state index in [-0.39, 0.29) is 12.6 Å². The number of rotatable bonds is 4. The first-order chi connectivity index (χ1) is 12.7. The van der Waals surface area contributed by atoms with Gasteiger partial charge in [0.05, 0.1) is 24.5 Å². The summed E-state index contributed by atoms with van der Waals surface area (Å²) in [7, 11) is 0. The van der Waals surface area contributed by atoms with Gasteiger partial charge in [0.25, 0.3) is 0 Å². The Kier molecular flexibility index (Phi) is 4.37. The molecular weight excluding hydrogens is 330 g/mol. The summed E-state index contributed by atoms with van der Waals surface area (Å²) in [5.74, 6) is -0.926. The van der Waals surface area contributed by atoms with Gasteiger partial charge in [0.1, 0.15) is 5.69 Å². The molecule has 0 N–H and O–H groups in total. The van der Waals surface area contributed by atoms with Crippen molar-refractivity contribution in [2.75, 3.05) is 13.1 Å². The van der Waals surface area contributed by atoms with E-state index in [0.29, 0.717) is 18.8 Å². The van der Waals surface area contributed by atoms with Gasteiger partial charge in [-0.1, -0.05) is 23.4 Å². The van der Waals surface area contributed by atoms with Crippen LogP contribution in [0.15, 0.2) is 54.4 Å². The van der Waals surface area contributed by atoms with E-state index in [1.165, 1.54) is 0 Å². The van der Waals surface area contributed by atoms with Gasteiger partial charge in [-0.2, -0.15) is 0 Å². The summed E-state index contributed by atoms with van der Waals surface area (Å²) in [5.41, 5.74) is 4.60. The minimum atomic E-state index is -0.478. The zero-order valence-corrected chi connectivity index (χ0v) is 14.3. The molecule has 1 fully saturated rings. The van der Waals surface area contributed by atoms with E-state index in [2.05, 4.69) is 16.0 Å². The van der Waals surface area contributed by atoms with Gasteiger partial charge in [-0.3, -0.25) is 9.59 Å². The van der Waals surface area contributed by atoms with Crippen LogP contribution in [0.2, 0.25) is 0 Å². The maximum Gasteiger partial charge on any atom is 0.312 e. The van der Waals surface area contributed by atoms with Gasteiger partial charge < -0.3 is 9.80 Å². The van der Waals surface area contributed by atoms with E-state index in [1.54, 1.807) is 20.7 Å². The van der Waals surface area contributed by atoms with Crippen molar-refractivity contribution in [2.45, 2.75) is 25.4 Å². The van der Waals surface area contributed by atoms with E-state index in [1.807, 2.05) is 42.5 Å². The highest BCUT2D eigenvalue weighted by Crippen LogP contribution is 2.18. The average Bonchev–Trinajstić information content (AvgIpc) is 3.16. The summed E-state index contributed by atoms with van der Waals surface area (Å²) < 4.78 is 1.66. The molecule has 0 radical (unpaired) electrons. The van der Waals surface area contributed by atoms with Gasteiger partial charge in [-0.15, -0.1) is 10.8 Å². The Morgan fingerprint density at radius 2 is 1.96 bits per heavy atom. The van der Waals surface area contributed by atoms with Crippen LogP contribution in [0.4, 0.5) is 0 Å². The third-order valence-corrected chi connectivity index (χ3v) is 4.67. The number of nitrogens with zero attached hydrogens (tertiary/aromatic N) is 5. The standard InChI is InChI=1S/C19H19N5O2/c25-18-19(26)23(16-7-3-1-4-8-16)12-11-22(18)13-15-14-24(21-20-15)17-9-5-2-6-10-17/h1-2,5-6,8-10,14,16H,3,7,11-13H2. The largest absolute Gasteiger partial charge is 0.327 e. The second kappa shape index (κ2) is 6.98. The molecule has 4 rings (SSSR count). The molecule has 1 aromatic heterocycles. The third-order valence-electron chi connectivity index (χ3n) is 4.67. The Morgan fingerprint density at radius 1 is 1.12 bits per heavy atom. The molecule has 2 aliphatic rings. The molecule has 26 heavy (non-hydrogen) atoms. The SMILES string of the molecule is O=C1C(=O)N(C2C=C=CCC2)CCN1Cc1cn(-c2ccccc2)nn1. The van der Waals surface area contributed by atoms with Crippen LogP contribution in [0.5, 0.6) is 0 Å². The monoisotopic (exact) mass is 349 g/mol. The Hall–Kier alpha value is -3.18. The summed E-state index contributed by atoms with van der Waals surface area (Å²) in [5, 5.41) is 8.23. The number of para-hydroxylation sites is 1. The van der Waals surface area contributed by atoms with E-state index < -0.39 is 11.8 Å². The highest BCUT2D eigenvalue weighted by atomic mass is 16.2. The van der Waals surface area contributed by atoms with Crippen LogP contribution in [0.1, 0.15) is 18.5 Å². The molecule has 7 heteroatoms. The van der Waals surface area contributed by atoms with Gasteiger partial charge in [-0.25, -0.2) is 4.68 Å². The van der Waals surface area contributed by atoms with Crippen LogP contribution in [-0.4, -0.2) is 55.7 Å². The summed E-state index contributed by atoms with van der Waals surface area (Å²) in [6.45, 7) is 1.31. The number of benzene rings is 1. The minimum Gasteiger partial charge on any atom is -0.327 e. The number of carbonyl (C=O) groups is 2. The Bertz CT molecular complexity index is 882. The van der Waals surface area contributed by atoms with Crippen molar-refractivity contribution in [3.05, 3.63) is 60.1 Å². The number of hydrogen-bond acceptors (Lipinski definition) is 4. The van der Waals surface area contributed by atoms with Crippen LogP contribution >= 0.6 is 0 Å². The molecule has 1 aliphatic heterocycles. The second-order valence-corrected chi connectivity index (χ2v) is 6.40. The van der Waals surface area contributed by atoms with Gasteiger partial charge >= 0.3 is 11.8 Å². The fourth-order valence-corrected chi connectivity index (χ4v) is 3.28. The predicted octanol–water partition coefficient (Wildman–Crippen LogP) is 1.31. The topological polar surface area (TPSA) is 71.3 Å². The molecule has 0 saturated carbocycles. The lowest BCUT2D eigenvalue weighted by atomic mass is 10.0. The van der Waals surface area contributed by atoms with Crippen LogP contribution in [0, 0.1) is 0 Å². The van der Waals surface area contributed by atoms with Crippen LogP contribution in [-0.2, 0) is 16.1 Å². The first-order valence-electron chi connectivity index (χ1n) is 8.70. The summed E-state index contributed by atoms with van der Waals surface area (Å²) >= 11 is 0. The van der Waals surface area contributed by atoms with Crippen LogP contribution in [0.3, 0.4) is 0 Å². The molecule has 1 unspecified atom stereocenters. The molecule has 2 heterocycles. The molecule has 2 aromatic rings. The average molecular weight is 349 g/mol. The number of aromatic nitrogens is 3. The number of piperazine rings is 1. The minimum absolute atomic E-state index is 0.0300. The maximum atomic E-state index is 12.5. The third kappa shape index (κ3) is 3.17. The number of carbonyl (C=O) groups excluding carboxylic acids is 2. The van der Waals surface area contributed by atoms with Crippen molar-refractivity contribution in [3.63, 3.8) is 0 Å². The molecule has 1 aromatic carbocycles. The van der Waals surface area contributed by atoms with Crippen molar-refractivity contribution in [2.24, 2.45) is 0 Å². The van der Waals surface area contributed by atoms with E-state index >= 15 is 0 Å². The Morgan fingerprint density at radius 3 is 2.73 bits per heavy atom. The van der Waals surface area contributed by atoms with Crippen molar-refractivity contribution in [1.29, 1.82) is 0 Å². The summed E-state index contributed by atoms with van der Waals surface area (Å²) in [6.07, 6.45) is 7.34. The van der Waals surface area contributed by atoms with Crippen molar-refractivity contribution >= 4 is 11.8 Å². The molecule has 132 valence electrons. The lowest BCUT2D eigenvalue weighted by molar-refractivity contribution is -0.157. The lowest BCUT2D eigenvalue weighted by Gasteiger charge is -2.37. The highest BCUT2D eigenvalue weighted by Gasteiger charge is 2.35. The van der Waals surface area contributed by atoms with Gasteiger partial charge in [0.15, 0.2) is 0 Å². The highest BCUT2D eigenvalue weighted by molar-refractivity contribution is 6.35. The molecule has 1 saturated heterocycles. The van der Waals surface area contributed by atoms with Gasteiger partial charge in [-0.05, 0) is 37.1 Å². The summed E-state index contributed by atoms with van der Waals surface area (Å²) in [6, 6.07) is 9.61. The zero-order valence-electron chi connectivity index (χ0n) is 14.3. The first-order valence-corrected chi connectivity index (χ1v) is 8.70. The summed E-state index contributed by atoms with van der Waals surface area (Å²) in [4.78, 5) is 28.2. The van der Waals surface area contributed by atoms with Crippen molar-refractivity contribution in [1.82, 2.24) is 24.8 Å². The molecule has 0 bridgehead atoms. The normalized spacial score (nSPS) is 20.1. The van der Waals surface area contributed by atoms with E-state index in [9.17, 15) is 9.59 Å². The van der Waals surface area contributed by atoms with Crippen LogP contribution < -0.4 is 0 Å². The molecule has 1 atom stereocenters. The molecule has 2 amide bonds. The van der Waals surface area contributed by atoms with Crippen LogP contribution in [0.25, 0.3) is 5.69 Å². The first kappa shape index (κ1) is 16.3. The fraction of sp³-hybridized carbons (Fsp3) is 0.316. The van der Waals surface area contributed by atoms with E-state index in [4.69, 9.17) is 0 Å². The van der Waals surface area contributed by atoms with E-state index in [0.717, 1.165) is 18.5 Å². The second-order valence-electron chi connectivity index (χ2n) is 6.40. The predicted molar refractivity (Wildman–Crippen MR) is 94.2 cm³/mol. The molecular formula is C19H19N5O2. The molecule has 7 nitrogen and oxygen atoms in total. The molecule has 0 spiro atoms. The maximum absolute atomic E-state index is 12.5. The quantitative estimate of drug-likeness (QED) is 0.616. The van der Waals surface area contributed by atoms with Crippen molar-refractivity contribution in [3.8, 4) is 5.69 Å². The lowest BCUT2D eigenvalue weighted by Crippen LogP contribution is -2.56. The number of hydrogen-bond donors (Lipinski definition) is 0. The zero-order chi connectivity index (χ0) is 17.9. The van der Waals surface area contributed by atoms with Gasteiger partial charge in [0, 0.05) is 13.1 Å². The Balaban J connectivity index is 1.44. The van der Waals surface area contributed by atoms with Crippen molar-refractivity contribution < 1.29 is 9.59 Å². The van der Waals surface area contributed by atoms with Gasteiger partial charge in [0.2, 0.25) is 0 Å². The fourth-order valence-electron chi connectivity index (χ4n) is 3.28. The Labute approximate surface area is 151 Å². The number of amides is 2. The molecule has 1 aliphatic carbocycles. The smallest absolute Gasteiger partial charge is 0.312 e.